The number of para-hydroxylation sites is 1. The Bertz CT molecular complexity index is 707. The fraction of sp³-hybridized carbons (Fsp3) is 0.286. The van der Waals surface area contributed by atoms with Gasteiger partial charge in [-0.2, -0.15) is 0 Å². The minimum absolute atomic E-state index is 0.144. The molecule has 0 spiro atoms. The van der Waals surface area contributed by atoms with Gasteiger partial charge in [-0.1, -0.05) is 60.2 Å². The van der Waals surface area contributed by atoms with Crippen LogP contribution in [0.25, 0.3) is 11.1 Å². The van der Waals surface area contributed by atoms with Gasteiger partial charge in [-0.25, -0.2) is 4.79 Å². The molecule has 2 aromatic rings. The number of carbonyl (C=O) groups excluding carboxylic acids is 1. The molecule has 0 aromatic heterocycles. The number of amides is 2. The highest BCUT2D eigenvalue weighted by molar-refractivity contribution is 5.94. The Morgan fingerprint density at radius 2 is 1.75 bits per heavy atom. The maximum absolute atomic E-state index is 12.2. The van der Waals surface area contributed by atoms with Crippen LogP contribution < -0.4 is 10.6 Å². The summed E-state index contributed by atoms with van der Waals surface area (Å²) in [7, 11) is 0. The molecule has 2 aromatic carbocycles. The van der Waals surface area contributed by atoms with Gasteiger partial charge in [0.15, 0.2) is 0 Å². The molecule has 2 N–H and O–H groups in total. The molecule has 1 aliphatic carbocycles. The maximum Gasteiger partial charge on any atom is 0.319 e. The van der Waals surface area contributed by atoms with Gasteiger partial charge in [0.1, 0.15) is 0 Å². The first-order valence-corrected chi connectivity index (χ1v) is 8.70. The standard InChI is InChI=1S/C21H24N2O/c24-21(22-16-15-17-9-3-1-4-10-17)23-20-14-8-7-13-19(20)18-11-5-2-6-12-18/h2,5-9,11-14H,1,3-4,10,15-16H2,(H2,22,23,24). The molecule has 0 saturated carbocycles. The second kappa shape index (κ2) is 8.34. The van der Waals surface area contributed by atoms with Crippen LogP contribution >= 0.6 is 0 Å². The monoisotopic (exact) mass is 320 g/mol. The lowest BCUT2D eigenvalue weighted by Gasteiger charge is -2.14. The van der Waals surface area contributed by atoms with Gasteiger partial charge in [-0.3, -0.25) is 0 Å². The predicted octanol–water partition coefficient (Wildman–Crippen LogP) is 5.37. The number of rotatable bonds is 5. The van der Waals surface area contributed by atoms with Crippen LogP contribution in [0.5, 0.6) is 0 Å². The second-order valence-corrected chi connectivity index (χ2v) is 6.15. The molecule has 0 atom stereocenters. The van der Waals surface area contributed by atoms with E-state index in [0.717, 1.165) is 23.2 Å². The topological polar surface area (TPSA) is 41.1 Å². The van der Waals surface area contributed by atoms with E-state index in [1.807, 2.05) is 54.6 Å². The molecule has 0 radical (unpaired) electrons. The van der Waals surface area contributed by atoms with Crippen molar-refractivity contribution in [1.82, 2.24) is 5.32 Å². The fourth-order valence-electron chi connectivity index (χ4n) is 3.10. The highest BCUT2D eigenvalue weighted by Crippen LogP contribution is 2.27. The van der Waals surface area contributed by atoms with Crippen molar-refractivity contribution < 1.29 is 4.79 Å². The molecule has 0 unspecified atom stereocenters. The molecule has 3 nitrogen and oxygen atoms in total. The van der Waals surface area contributed by atoms with E-state index in [9.17, 15) is 4.79 Å². The van der Waals surface area contributed by atoms with Crippen molar-refractivity contribution in [2.75, 3.05) is 11.9 Å². The number of benzene rings is 2. The zero-order valence-electron chi connectivity index (χ0n) is 13.9. The predicted molar refractivity (Wildman–Crippen MR) is 100 cm³/mol. The lowest BCUT2D eigenvalue weighted by Crippen LogP contribution is -2.30. The van der Waals surface area contributed by atoms with E-state index in [1.165, 1.54) is 31.3 Å². The number of carbonyl (C=O) groups is 1. The van der Waals surface area contributed by atoms with Crippen LogP contribution in [0.3, 0.4) is 0 Å². The molecule has 0 heterocycles. The van der Waals surface area contributed by atoms with Crippen LogP contribution in [0.2, 0.25) is 0 Å². The average molecular weight is 320 g/mol. The molecule has 24 heavy (non-hydrogen) atoms. The van der Waals surface area contributed by atoms with Gasteiger partial charge in [-0.05, 0) is 43.7 Å². The highest BCUT2D eigenvalue weighted by atomic mass is 16.2. The van der Waals surface area contributed by atoms with E-state index in [1.54, 1.807) is 0 Å². The number of urea groups is 1. The summed E-state index contributed by atoms with van der Waals surface area (Å²) < 4.78 is 0. The van der Waals surface area contributed by atoms with E-state index in [2.05, 4.69) is 16.7 Å². The van der Waals surface area contributed by atoms with E-state index < -0.39 is 0 Å². The summed E-state index contributed by atoms with van der Waals surface area (Å²) in [6.45, 7) is 0.686. The van der Waals surface area contributed by atoms with Crippen molar-refractivity contribution in [2.24, 2.45) is 0 Å². The Morgan fingerprint density at radius 1 is 0.958 bits per heavy atom. The first-order chi connectivity index (χ1) is 11.8. The van der Waals surface area contributed by atoms with E-state index in [0.29, 0.717) is 6.54 Å². The Morgan fingerprint density at radius 3 is 2.54 bits per heavy atom. The summed E-state index contributed by atoms with van der Waals surface area (Å²) in [6.07, 6.45) is 8.23. The zero-order chi connectivity index (χ0) is 16.6. The van der Waals surface area contributed by atoms with Crippen molar-refractivity contribution >= 4 is 11.7 Å². The summed E-state index contributed by atoms with van der Waals surface area (Å²) in [5.74, 6) is 0. The van der Waals surface area contributed by atoms with Crippen LogP contribution in [0.1, 0.15) is 32.1 Å². The smallest absolute Gasteiger partial charge is 0.319 e. The van der Waals surface area contributed by atoms with Crippen molar-refractivity contribution in [3.8, 4) is 11.1 Å². The summed E-state index contributed by atoms with van der Waals surface area (Å²) in [6, 6.07) is 17.8. The van der Waals surface area contributed by atoms with E-state index in [4.69, 9.17) is 0 Å². The normalized spacial score (nSPS) is 13.9. The van der Waals surface area contributed by atoms with Crippen molar-refractivity contribution in [3.05, 3.63) is 66.2 Å². The molecule has 0 fully saturated rings. The Labute approximate surface area is 143 Å². The molecule has 124 valence electrons. The van der Waals surface area contributed by atoms with Crippen molar-refractivity contribution in [1.29, 1.82) is 0 Å². The van der Waals surface area contributed by atoms with Crippen molar-refractivity contribution in [3.63, 3.8) is 0 Å². The average Bonchev–Trinajstić information content (AvgIpc) is 2.64. The number of nitrogens with one attached hydrogen (secondary N) is 2. The molecule has 2 amide bonds. The molecule has 0 aliphatic heterocycles. The molecular formula is C21H24N2O. The first-order valence-electron chi connectivity index (χ1n) is 8.70. The SMILES string of the molecule is O=C(NCCC1=CCCCC1)Nc1ccccc1-c1ccccc1. The van der Waals surface area contributed by atoms with Gasteiger partial charge in [0.2, 0.25) is 0 Å². The minimum atomic E-state index is -0.144. The van der Waals surface area contributed by atoms with E-state index in [-0.39, 0.29) is 6.03 Å². The third-order valence-corrected chi connectivity index (χ3v) is 4.38. The third kappa shape index (κ3) is 4.48. The minimum Gasteiger partial charge on any atom is -0.338 e. The first kappa shape index (κ1) is 16.3. The summed E-state index contributed by atoms with van der Waals surface area (Å²) in [4.78, 5) is 12.2. The van der Waals surface area contributed by atoms with Gasteiger partial charge in [-0.15, -0.1) is 0 Å². The third-order valence-electron chi connectivity index (χ3n) is 4.38. The number of hydrogen-bond acceptors (Lipinski definition) is 1. The lowest BCUT2D eigenvalue weighted by atomic mass is 9.97. The molecule has 3 heteroatoms. The van der Waals surface area contributed by atoms with Gasteiger partial charge in [0, 0.05) is 12.1 Å². The van der Waals surface area contributed by atoms with Crippen LogP contribution in [0.4, 0.5) is 10.5 Å². The number of hydrogen-bond donors (Lipinski definition) is 2. The van der Waals surface area contributed by atoms with Gasteiger partial charge < -0.3 is 10.6 Å². The summed E-state index contributed by atoms with van der Waals surface area (Å²) in [5.41, 5.74) is 4.44. The van der Waals surface area contributed by atoms with Crippen LogP contribution in [-0.2, 0) is 0 Å². The number of allylic oxidation sites excluding steroid dienone is 1. The molecule has 1 aliphatic rings. The molecule has 0 bridgehead atoms. The van der Waals surface area contributed by atoms with Gasteiger partial charge in [0.25, 0.3) is 0 Å². The maximum atomic E-state index is 12.2. The molecule has 3 rings (SSSR count). The molecule has 0 saturated heterocycles. The quantitative estimate of drug-likeness (QED) is 0.715. The van der Waals surface area contributed by atoms with Crippen LogP contribution in [-0.4, -0.2) is 12.6 Å². The van der Waals surface area contributed by atoms with Crippen LogP contribution in [0.15, 0.2) is 66.2 Å². The van der Waals surface area contributed by atoms with E-state index >= 15 is 0 Å². The van der Waals surface area contributed by atoms with Crippen LogP contribution in [0, 0.1) is 0 Å². The Hall–Kier alpha value is -2.55. The lowest BCUT2D eigenvalue weighted by molar-refractivity contribution is 0.252. The van der Waals surface area contributed by atoms with Crippen molar-refractivity contribution in [2.45, 2.75) is 32.1 Å². The van der Waals surface area contributed by atoms with Gasteiger partial charge in [0.05, 0.1) is 5.69 Å². The fourth-order valence-corrected chi connectivity index (χ4v) is 3.10. The Kier molecular flexibility index (Phi) is 5.67. The summed E-state index contributed by atoms with van der Waals surface area (Å²) in [5, 5.41) is 5.94. The Balaban J connectivity index is 1.57. The van der Waals surface area contributed by atoms with Gasteiger partial charge >= 0.3 is 6.03 Å². The number of anilines is 1. The largest absolute Gasteiger partial charge is 0.338 e. The second-order valence-electron chi connectivity index (χ2n) is 6.15. The summed E-state index contributed by atoms with van der Waals surface area (Å²) >= 11 is 0. The highest BCUT2D eigenvalue weighted by Gasteiger charge is 2.08. The zero-order valence-corrected chi connectivity index (χ0v) is 13.9. The molecular weight excluding hydrogens is 296 g/mol.